The van der Waals surface area contributed by atoms with E-state index in [1.807, 2.05) is 0 Å². The molecule has 0 spiro atoms. The van der Waals surface area contributed by atoms with Gasteiger partial charge < -0.3 is 19.3 Å². The summed E-state index contributed by atoms with van der Waals surface area (Å²) < 4.78 is 26.0. The normalized spacial score (nSPS) is 12.8. The summed E-state index contributed by atoms with van der Waals surface area (Å²) in [4.78, 5) is 42.2. The number of hydrogen-bond acceptors (Lipinski definition) is 6. The Balaban J connectivity index is 4.09. The Morgan fingerprint density at radius 3 is 1.70 bits per heavy atom. The van der Waals surface area contributed by atoms with Crippen LogP contribution < -0.4 is 0 Å². The highest BCUT2D eigenvalue weighted by molar-refractivity contribution is 7.46. The molecule has 0 saturated heterocycles. The highest BCUT2D eigenvalue weighted by atomic mass is 31.2. The van der Waals surface area contributed by atoms with Crippen molar-refractivity contribution in [2.24, 2.45) is 0 Å². The number of rotatable bonds is 28. The minimum atomic E-state index is -4.74. The Labute approximate surface area is 243 Å². The second-order valence-corrected chi connectivity index (χ2v) is 11.7. The van der Waals surface area contributed by atoms with Gasteiger partial charge in [0.1, 0.15) is 6.61 Å². The maximum atomic E-state index is 12.2. The Morgan fingerprint density at radius 1 is 0.650 bits per heavy atom. The zero-order valence-electron chi connectivity index (χ0n) is 25.2. The number of hydrogen-bond donors (Lipinski definition) is 2. The van der Waals surface area contributed by atoms with Crippen molar-refractivity contribution in [2.45, 2.75) is 148 Å². The molecule has 234 valence electrons. The van der Waals surface area contributed by atoms with E-state index in [0.717, 1.165) is 51.4 Å². The zero-order chi connectivity index (χ0) is 29.7. The summed E-state index contributed by atoms with van der Waals surface area (Å²) in [5, 5.41) is 0. The number of carbonyl (C=O) groups is 2. The van der Waals surface area contributed by atoms with E-state index >= 15 is 0 Å². The molecule has 40 heavy (non-hydrogen) atoms. The van der Waals surface area contributed by atoms with Crippen LogP contribution in [0.1, 0.15) is 142 Å². The van der Waals surface area contributed by atoms with E-state index in [4.69, 9.17) is 19.3 Å². The van der Waals surface area contributed by atoms with Gasteiger partial charge in [0, 0.05) is 12.8 Å². The molecule has 0 fully saturated rings. The molecule has 0 heterocycles. The molecular formula is C31H57O8P. The molecule has 0 aliphatic heterocycles. The first-order valence-corrected chi connectivity index (χ1v) is 17.2. The van der Waals surface area contributed by atoms with Gasteiger partial charge in [0.15, 0.2) is 6.10 Å². The number of phosphoric acid groups is 1. The highest BCUT2D eigenvalue weighted by Crippen LogP contribution is 2.35. The molecule has 1 atom stereocenters. The van der Waals surface area contributed by atoms with Gasteiger partial charge in [-0.3, -0.25) is 14.1 Å². The molecule has 0 aliphatic rings. The van der Waals surface area contributed by atoms with Gasteiger partial charge in [-0.15, -0.1) is 0 Å². The molecule has 0 aromatic rings. The second kappa shape index (κ2) is 27.7. The molecule has 0 aromatic heterocycles. The molecule has 0 bridgehead atoms. The SMILES string of the molecule is CCCCCCCC/C=C/C/C=C/CCCCC(=O)O[C@H](COC(=O)CCCCCCCCC)COP(=O)(O)O. The summed E-state index contributed by atoms with van der Waals surface area (Å²) in [6.45, 7) is 3.56. The van der Waals surface area contributed by atoms with Crippen molar-refractivity contribution in [1.82, 2.24) is 0 Å². The fourth-order valence-corrected chi connectivity index (χ4v) is 4.47. The third-order valence-electron chi connectivity index (χ3n) is 6.47. The molecule has 8 nitrogen and oxygen atoms in total. The standard InChI is InChI=1S/C31H57O8P/c1-3-5-7-9-11-12-13-14-15-16-17-18-20-22-24-26-31(33)39-29(28-38-40(34,35)36)27-37-30(32)25-23-21-19-10-8-6-4-2/h14-15,17-18,29H,3-13,16,19-28H2,1-2H3,(H2,34,35,36)/b15-14+,18-17+/t29-/m1/s1. The third-order valence-corrected chi connectivity index (χ3v) is 6.96. The quantitative estimate of drug-likeness (QED) is 0.0404. The van der Waals surface area contributed by atoms with Gasteiger partial charge in [-0.05, 0) is 44.9 Å². The first-order valence-electron chi connectivity index (χ1n) is 15.6. The number of phosphoric ester groups is 1. The molecule has 0 aromatic carbocycles. The van der Waals surface area contributed by atoms with Crippen molar-refractivity contribution < 1.29 is 37.9 Å². The maximum Gasteiger partial charge on any atom is 0.469 e. The Bertz CT molecular complexity index is 716. The number of ether oxygens (including phenoxy) is 2. The molecule has 0 rings (SSSR count). The van der Waals surface area contributed by atoms with Gasteiger partial charge in [-0.1, -0.05) is 109 Å². The van der Waals surface area contributed by atoms with E-state index in [1.165, 1.54) is 57.8 Å². The summed E-state index contributed by atoms with van der Waals surface area (Å²) in [6.07, 6.45) is 27.8. The molecule has 9 heteroatoms. The largest absolute Gasteiger partial charge is 0.469 e. The van der Waals surface area contributed by atoms with Crippen molar-refractivity contribution >= 4 is 19.8 Å². The Kier molecular flexibility index (Phi) is 26.7. The Hall–Kier alpha value is -1.47. The summed E-state index contributed by atoms with van der Waals surface area (Å²) in [7, 11) is -4.74. The molecule has 0 aliphatic carbocycles. The number of esters is 2. The number of carbonyl (C=O) groups excluding carboxylic acids is 2. The van der Waals surface area contributed by atoms with Crippen LogP contribution in [0, 0.1) is 0 Å². The predicted molar refractivity (Wildman–Crippen MR) is 161 cm³/mol. The van der Waals surface area contributed by atoms with Crippen LogP contribution >= 0.6 is 7.82 Å². The van der Waals surface area contributed by atoms with Crippen LogP contribution in [0.3, 0.4) is 0 Å². The number of unbranched alkanes of at least 4 members (excludes halogenated alkanes) is 14. The van der Waals surface area contributed by atoms with E-state index in [1.54, 1.807) is 0 Å². The second-order valence-electron chi connectivity index (χ2n) is 10.4. The van der Waals surface area contributed by atoms with Crippen molar-refractivity contribution in [3.05, 3.63) is 24.3 Å². The predicted octanol–water partition coefficient (Wildman–Crippen LogP) is 8.50. The van der Waals surface area contributed by atoms with Gasteiger partial charge in [0.2, 0.25) is 0 Å². The zero-order valence-corrected chi connectivity index (χ0v) is 26.1. The minimum absolute atomic E-state index is 0.171. The van der Waals surface area contributed by atoms with Crippen molar-refractivity contribution in [1.29, 1.82) is 0 Å². The van der Waals surface area contributed by atoms with Crippen LogP contribution in [0.4, 0.5) is 0 Å². The lowest BCUT2D eigenvalue weighted by atomic mass is 10.1. The smallest absolute Gasteiger partial charge is 0.462 e. The van der Waals surface area contributed by atoms with Crippen molar-refractivity contribution in [3.8, 4) is 0 Å². The van der Waals surface area contributed by atoms with Gasteiger partial charge in [0.25, 0.3) is 0 Å². The first kappa shape index (κ1) is 38.5. The Morgan fingerprint density at radius 2 is 1.12 bits per heavy atom. The van der Waals surface area contributed by atoms with Crippen LogP contribution in [0.5, 0.6) is 0 Å². The van der Waals surface area contributed by atoms with Crippen LogP contribution in [-0.2, 0) is 28.2 Å². The first-order chi connectivity index (χ1) is 19.3. The lowest BCUT2D eigenvalue weighted by Gasteiger charge is -2.18. The summed E-state index contributed by atoms with van der Waals surface area (Å²) in [5.74, 6) is -0.932. The van der Waals surface area contributed by atoms with Crippen LogP contribution in [0.15, 0.2) is 24.3 Å². The van der Waals surface area contributed by atoms with Gasteiger partial charge in [-0.25, -0.2) is 4.57 Å². The van der Waals surface area contributed by atoms with E-state index in [9.17, 15) is 14.2 Å². The average molecular weight is 589 g/mol. The lowest BCUT2D eigenvalue weighted by Crippen LogP contribution is -2.29. The monoisotopic (exact) mass is 588 g/mol. The van der Waals surface area contributed by atoms with E-state index in [0.29, 0.717) is 6.42 Å². The van der Waals surface area contributed by atoms with E-state index in [2.05, 4.69) is 42.7 Å². The van der Waals surface area contributed by atoms with E-state index in [-0.39, 0.29) is 19.4 Å². The lowest BCUT2D eigenvalue weighted by molar-refractivity contribution is -0.161. The van der Waals surface area contributed by atoms with E-state index < -0.39 is 32.5 Å². The van der Waals surface area contributed by atoms with Gasteiger partial charge >= 0.3 is 19.8 Å². The van der Waals surface area contributed by atoms with Crippen molar-refractivity contribution in [3.63, 3.8) is 0 Å². The van der Waals surface area contributed by atoms with Crippen molar-refractivity contribution in [2.75, 3.05) is 13.2 Å². The van der Waals surface area contributed by atoms with Crippen LogP contribution in [-0.4, -0.2) is 41.0 Å². The molecule has 0 amide bonds. The van der Waals surface area contributed by atoms with Gasteiger partial charge in [-0.2, -0.15) is 0 Å². The maximum absolute atomic E-state index is 12.2. The number of allylic oxidation sites excluding steroid dienone is 4. The van der Waals surface area contributed by atoms with Crippen LogP contribution in [0.25, 0.3) is 0 Å². The minimum Gasteiger partial charge on any atom is -0.462 e. The average Bonchev–Trinajstić information content (AvgIpc) is 2.91. The summed E-state index contributed by atoms with van der Waals surface area (Å²) in [6, 6.07) is 0. The molecule has 0 radical (unpaired) electrons. The summed E-state index contributed by atoms with van der Waals surface area (Å²) in [5.41, 5.74) is 0. The fraction of sp³-hybridized carbons (Fsp3) is 0.806. The third kappa shape index (κ3) is 29.5. The highest BCUT2D eigenvalue weighted by Gasteiger charge is 2.22. The van der Waals surface area contributed by atoms with Crippen LogP contribution in [0.2, 0.25) is 0 Å². The van der Waals surface area contributed by atoms with Gasteiger partial charge in [0.05, 0.1) is 6.61 Å². The molecule has 0 saturated carbocycles. The molecular weight excluding hydrogens is 531 g/mol. The topological polar surface area (TPSA) is 119 Å². The fourth-order valence-electron chi connectivity index (χ4n) is 4.11. The molecule has 0 unspecified atom stereocenters. The summed E-state index contributed by atoms with van der Waals surface area (Å²) >= 11 is 0. The molecule has 2 N–H and O–H groups in total.